The molecule has 1 spiro atoms. The lowest BCUT2D eigenvalue weighted by Crippen LogP contribution is -2.40. The highest BCUT2D eigenvalue weighted by Crippen LogP contribution is 2.44. The van der Waals surface area contributed by atoms with Crippen LogP contribution < -0.4 is 10.2 Å². The monoisotopic (exact) mass is 549 g/mol. The van der Waals surface area contributed by atoms with E-state index in [1.54, 1.807) is 29.2 Å². The van der Waals surface area contributed by atoms with Crippen LogP contribution in [0.4, 0.5) is 15.8 Å². The van der Waals surface area contributed by atoms with Crippen LogP contribution in [0.5, 0.6) is 0 Å². The van der Waals surface area contributed by atoms with Crippen LogP contribution in [0.15, 0.2) is 66.7 Å². The fourth-order valence-electron chi connectivity index (χ4n) is 5.42. The molecule has 0 bridgehead atoms. The molecule has 3 aromatic carbocycles. The number of amides is 3. The van der Waals surface area contributed by atoms with Crippen molar-refractivity contribution in [3.63, 3.8) is 0 Å². The SMILES string of the molecule is O=C(O)CN1CCC2(CCN(C(=O)c3ccccc3NC(=O)c3cc(F)ccc3Cl)c3ccccc3C2)C1=O. The fourth-order valence-corrected chi connectivity index (χ4v) is 5.63. The molecule has 0 aromatic heterocycles. The molecule has 10 heteroatoms. The third-order valence-corrected chi connectivity index (χ3v) is 7.71. The maximum absolute atomic E-state index is 14.0. The topological polar surface area (TPSA) is 107 Å². The summed E-state index contributed by atoms with van der Waals surface area (Å²) in [4.78, 5) is 54.5. The number of para-hydroxylation sites is 2. The molecule has 2 N–H and O–H groups in total. The van der Waals surface area contributed by atoms with E-state index < -0.39 is 23.1 Å². The largest absolute Gasteiger partial charge is 0.480 e. The molecule has 2 heterocycles. The minimum absolute atomic E-state index is 0.0633. The number of rotatable bonds is 5. The number of hydrogen-bond donors (Lipinski definition) is 2. The molecule has 200 valence electrons. The fraction of sp³-hybridized carbons (Fsp3) is 0.241. The van der Waals surface area contributed by atoms with Gasteiger partial charge in [0.05, 0.1) is 27.3 Å². The number of carboxylic acid groups (broad SMARTS) is 1. The second-order valence-corrected chi connectivity index (χ2v) is 10.2. The van der Waals surface area contributed by atoms with E-state index in [0.717, 1.165) is 17.7 Å². The number of carbonyl (C=O) groups excluding carboxylic acids is 3. The van der Waals surface area contributed by atoms with Crippen molar-refractivity contribution in [3.8, 4) is 0 Å². The molecule has 1 saturated heterocycles. The molecule has 1 fully saturated rings. The van der Waals surface area contributed by atoms with E-state index in [4.69, 9.17) is 11.6 Å². The molecule has 0 radical (unpaired) electrons. The zero-order valence-corrected chi connectivity index (χ0v) is 21.6. The zero-order chi connectivity index (χ0) is 27.7. The van der Waals surface area contributed by atoms with E-state index >= 15 is 0 Å². The smallest absolute Gasteiger partial charge is 0.323 e. The molecule has 2 aliphatic rings. The Morgan fingerprint density at radius 1 is 0.974 bits per heavy atom. The molecule has 1 unspecified atom stereocenters. The predicted octanol–water partition coefficient (Wildman–Crippen LogP) is 4.63. The highest BCUT2D eigenvalue weighted by molar-refractivity contribution is 6.34. The summed E-state index contributed by atoms with van der Waals surface area (Å²) >= 11 is 6.10. The van der Waals surface area contributed by atoms with Gasteiger partial charge in [0.15, 0.2) is 0 Å². The van der Waals surface area contributed by atoms with Gasteiger partial charge in [0.1, 0.15) is 12.4 Å². The van der Waals surface area contributed by atoms with Crippen molar-refractivity contribution in [2.75, 3.05) is 29.9 Å². The average molecular weight is 550 g/mol. The van der Waals surface area contributed by atoms with Gasteiger partial charge in [-0.25, -0.2) is 4.39 Å². The molecule has 3 amide bonds. The normalized spacial score (nSPS) is 18.6. The highest BCUT2D eigenvalue weighted by atomic mass is 35.5. The standard InChI is InChI=1S/C29H25ClFN3O5/c30-22-10-9-19(31)15-21(22)26(37)32-23-7-3-2-6-20(23)27(38)34-14-12-29(16-18-5-1-4-8-24(18)34)11-13-33(28(29)39)17-25(35)36/h1-10,15H,11-14,16-17H2,(H,32,37)(H,35,36). The summed E-state index contributed by atoms with van der Waals surface area (Å²) < 4.78 is 13.8. The first-order chi connectivity index (χ1) is 18.7. The van der Waals surface area contributed by atoms with E-state index in [-0.39, 0.29) is 46.7 Å². The first kappa shape index (κ1) is 26.4. The predicted molar refractivity (Wildman–Crippen MR) is 144 cm³/mol. The van der Waals surface area contributed by atoms with Crippen LogP contribution in [-0.2, 0) is 16.0 Å². The lowest BCUT2D eigenvalue weighted by molar-refractivity contribution is -0.145. The number of hydrogen-bond acceptors (Lipinski definition) is 4. The van der Waals surface area contributed by atoms with Crippen LogP contribution >= 0.6 is 11.6 Å². The number of aliphatic carboxylic acids is 1. The number of nitrogens with zero attached hydrogens (tertiary/aromatic N) is 2. The second-order valence-electron chi connectivity index (χ2n) is 9.79. The van der Waals surface area contributed by atoms with E-state index in [9.17, 15) is 28.7 Å². The zero-order valence-electron chi connectivity index (χ0n) is 20.8. The lowest BCUT2D eigenvalue weighted by Gasteiger charge is -2.27. The van der Waals surface area contributed by atoms with Crippen molar-refractivity contribution in [2.24, 2.45) is 5.41 Å². The summed E-state index contributed by atoms with van der Waals surface area (Å²) in [6.45, 7) is 0.215. The number of carbonyl (C=O) groups is 4. The molecule has 3 aromatic rings. The van der Waals surface area contributed by atoms with Gasteiger partial charge in [0, 0.05) is 18.8 Å². The van der Waals surface area contributed by atoms with Crippen LogP contribution in [0, 0.1) is 11.2 Å². The van der Waals surface area contributed by atoms with Gasteiger partial charge in [0.25, 0.3) is 11.8 Å². The molecular formula is C29H25ClFN3O5. The average Bonchev–Trinajstić information content (AvgIpc) is 3.10. The molecular weight excluding hydrogens is 525 g/mol. The van der Waals surface area contributed by atoms with Crippen molar-refractivity contribution < 1.29 is 28.7 Å². The quantitative estimate of drug-likeness (QED) is 0.483. The molecule has 0 aliphatic carbocycles. The molecule has 0 saturated carbocycles. The molecule has 5 rings (SSSR count). The molecule has 39 heavy (non-hydrogen) atoms. The van der Waals surface area contributed by atoms with E-state index in [0.29, 0.717) is 31.5 Å². The van der Waals surface area contributed by atoms with Crippen molar-refractivity contribution in [1.29, 1.82) is 0 Å². The maximum Gasteiger partial charge on any atom is 0.323 e. The van der Waals surface area contributed by atoms with Crippen LogP contribution in [0.25, 0.3) is 0 Å². The molecule has 2 aliphatic heterocycles. The second kappa shape index (κ2) is 10.5. The van der Waals surface area contributed by atoms with Gasteiger partial charge >= 0.3 is 5.97 Å². The van der Waals surface area contributed by atoms with Gasteiger partial charge in [-0.2, -0.15) is 0 Å². The highest BCUT2D eigenvalue weighted by Gasteiger charge is 2.49. The van der Waals surface area contributed by atoms with Gasteiger partial charge in [0.2, 0.25) is 5.91 Å². The third kappa shape index (κ3) is 5.09. The first-order valence-electron chi connectivity index (χ1n) is 12.4. The van der Waals surface area contributed by atoms with Gasteiger partial charge in [-0.3, -0.25) is 19.2 Å². The van der Waals surface area contributed by atoms with Gasteiger partial charge in [-0.15, -0.1) is 0 Å². The Balaban J connectivity index is 1.45. The number of anilines is 2. The number of carboxylic acids is 1. The van der Waals surface area contributed by atoms with Gasteiger partial charge < -0.3 is 20.2 Å². The van der Waals surface area contributed by atoms with E-state index in [1.165, 1.54) is 11.0 Å². The Labute approximate surface area is 229 Å². The minimum atomic E-state index is -1.07. The summed E-state index contributed by atoms with van der Waals surface area (Å²) in [5.74, 6) is -2.94. The first-order valence-corrected chi connectivity index (χ1v) is 12.8. The van der Waals surface area contributed by atoms with Gasteiger partial charge in [-0.1, -0.05) is 41.9 Å². The Bertz CT molecular complexity index is 1500. The van der Waals surface area contributed by atoms with Crippen molar-refractivity contribution in [1.82, 2.24) is 4.90 Å². The van der Waals surface area contributed by atoms with Crippen LogP contribution in [0.3, 0.4) is 0 Å². The number of likely N-dealkylation sites (tertiary alicyclic amines) is 1. The van der Waals surface area contributed by atoms with Crippen molar-refractivity contribution in [2.45, 2.75) is 19.3 Å². The van der Waals surface area contributed by atoms with Gasteiger partial charge in [-0.05, 0) is 61.2 Å². The maximum atomic E-state index is 14.0. The Hall–Kier alpha value is -4.24. The Morgan fingerprint density at radius 2 is 1.69 bits per heavy atom. The number of halogens is 2. The number of benzene rings is 3. The van der Waals surface area contributed by atoms with Crippen LogP contribution in [0.1, 0.15) is 39.1 Å². The van der Waals surface area contributed by atoms with Crippen molar-refractivity contribution >= 4 is 46.7 Å². The summed E-state index contributed by atoms with van der Waals surface area (Å²) in [5, 5.41) is 12.0. The number of nitrogens with one attached hydrogen (secondary N) is 1. The third-order valence-electron chi connectivity index (χ3n) is 7.38. The lowest BCUT2D eigenvalue weighted by atomic mass is 9.78. The van der Waals surface area contributed by atoms with Crippen molar-refractivity contribution in [3.05, 3.63) is 94.3 Å². The van der Waals surface area contributed by atoms with Crippen LogP contribution in [-0.4, -0.2) is 53.3 Å². The van der Waals surface area contributed by atoms with E-state index in [1.807, 2.05) is 24.3 Å². The summed E-state index contributed by atoms with van der Waals surface area (Å²) in [7, 11) is 0. The summed E-state index contributed by atoms with van der Waals surface area (Å²) in [5.41, 5.74) is 1.04. The van der Waals surface area contributed by atoms with E-state index in [2.05, 4.69) is 5.32 Å². The summed E-state index contributed by atoms with van der Waals surface area (Å²) in [6, 6.07) is 17.3. The molecule has 8 nitrogen and oxygen atoms in total. The Kier molecular flexibility index (Phi) is 7.10. The molecule has 1 atom stereocenters. The number of fused-ring (bicyclic) bond motifs is 1. The van der Waals surface area contributed by atoms with Crippen LogP contribution in [0.2, 0.25) is 5.02 Å². The minimum Gasteiger partial charge on any atom is -0.480 e. The Morgan fingerprint density at radius 3 is 2.49 bits per heavy atom. The summed E-state index contributed by atoms with van der Waals surface area (Å²) in [6.07, 6.45) is 1.24.